The van der Waals surface area contributed by atoms with E-state index in [9.17, 15) is 4.79 Å². The van der Waals surface area contributed by atoms with Gasteiger partial charge in [0.05, 0.1) is 11.6 Å². The van der Waals surface area contributed by atoms with Crippen molar-refractivity contribution < 1.29 is 9.90 Å². The van der Waals surface area contributed by atoms with Gasteiger partial charge in [-0.3, -0.25) is 0 Å². The fourth-order valence-corrected chi connectivity index (χ4v) is 4.89. The Kier molecular flexibility index (Phi) is 7.59. The molecule has 0 amide bonds. The average Bonchev–Trinajstić information content (AvgIpc) is 2.84. The molecule has 0 bridgehead atoms. The SMILES string of the molecule is N#Cc1ccc(N2CCCC(N[C@@H]3CCCC[C@H]3Nc3cc(C=CC(=O)O)ccn3)C2)cc1. The second-order valence-corrected chi connectivity index (χ2v) is 8.90. The van der Waals surface area contributed by atoms with E-state index >= 15 is 0 Å². The quantitative estimate of drug-likeness (QED) is 0.553. The van der Waals surface area contributed by atoms with Crippen LogP contribution in [0, 0.1) is 11.3 Å². The van der Waals surface area contributed by atoms with E-state index in [0.717, 1.165) is 56.2 Å². The summed E-state index contributed by atoms with van der Waals surface area (Å²) in [7, 11) is 0. The first-order chi connectivity index (χ1) is 16.1. The summed E-state index contributed by atoms with van der Waals surface area (Å²) < 4.78 is 0. The Morgan fingerprint density at radius 1 is 1.12 bits per heavy atom. The van der Waals surface area contributed by atoms with Crippen molar-refractivity contribution in [2.24, 2.45) is 0 Å². The van der Waals surface area contributed by atoms with Crippen molar-refractivity contribution in [3.05, 3.63) is 59.8 Å². The molecule has 0 radical (unpaired) electrons. The second-order valence-electron chi connectivity index (χ2n) is 8.90. The van der Waals surface area contributed by atoms with Gasteiger partial charge < -0.3 is 20.6 Å². The Morgan fingerprint density at radius 2 is 1.91 bits per heavy atom. The zero-order chi connectivity index (χ0) is 23.0. The number of nitriles is 1. The molecule has 1 aromatic carbocycles. The second kappa shape index (κ2) is 11.0. The number of carboxylic acids is 1. The van der Waals surface area contributed by atoms with Crippen molar-refractivity contribution in [1.29, 1.82) is 5.26 Å². The number of rotatable bonds is 7. The van der Waals surface area contributed by atoms with Crippen molar-refractivity contribution in [1.82, 2.24) is 10.3 Å². The Hall–Kier alpha value is -3.37. The number of hydrogen-bond acceptors (Lipinski definition) is 6. The van der Waals surface area contributed by atoms with Crippen molar-refractivity contribution >= 4 is 23.6 Å². The fraction of sp³-hybridized carbons (Fsp3) is 0.423. The summed E-state index contributed by atoms with van der Waals surface area (Å²) in [6.45, 7) is 2.00. The molecule has 3 atom stereocenters. The van der Waals surface area contributed by atoms with Crippen LogP contribution in [0.4, 0.5) is 11.5 Å². The van der Waals surface area contributed by atoms with Gasteiger partial charge >= 0.3 is 5.97 Å². The highest BCUT2D eigenvalue weighted by Gasteiger charge is 2.29. The molecular formula is C26H31N5O2. The molecule has 0 spiro atoms. The number of pyridine rings is 1. The van der Waals surface area contributed by atoms with E-state index < -0.39 is 5.97 Å². The van der Waals surface area contributed by atoms with Gasteiger partial charge in [0.1, 0.15) is 5.82 Å². The molecule has 1 aliphatic heterocycles. The van der Waals surface area contributed by atoms with Crippen molar-refractivity contribution in [2.45, 2.75) is 56.7 Å². The van der Waals surface area contributed by atoms with Crippen LogP contribution in [0.2, 0.25) is 0 Å². The van der Waals surface area contributed by atoms with Gasteiger partial charge in [-0.05, 0) is 73.7 Å². The summed E-state index contributed by atoms with van der Waals surface area (Å²) in [5.41, 5.74) is 2.69. The van der Waals surface area contributed by atoms with Crippen LogP contribution in [0.3, 0.4) is 0 Å². The van der Waals surface area contributed by atoms with E-state index in [1.165, 1.54) is 18.5 Å². The van der Waals surface area contributed by atoms with Crippen LogP contribution in [0.15, 0.2) is 48.7 Å². The number of carboxylic acid groups (broad SMARTS) is 1. The first kappa shape index (κ1) is 22.8. The summed E-state index contributed by atoms with van der Waals surface area (Å²) in [5, 5.41) is 25.4. The standard InChI is InChI=1S/C26H31N5O2/c27-17-20-7-10-22(11-8-20)31-15-3-4-21(18-31)29-23-5-1-2-6-24(23)30-25-16-19(13-14-28-25)9-12-26(32)33/h7-14,16,21,23-24,29H,1-6,15,18H2,(H,28,30)(H,32,33)/t21?,23-,24-/m1/s1. The predicted octanol–water partition coefficient (Wildman–Crippen LogP) is 4.03. The lowest BCUT2D eigenvalue weighted by Crippen LogP contribution is -2.55. The van der Waals surface area contributed by atoms with Gasteiger partial charge in [-0.2, -0.15) is 5.26 Å². The molecule has 2 aliphatic rings. The van der Waals surface area contributed by atoms with E-state index in [1.807, 2.05) is 30.3 Å². The molecule has 33 heavy (non-hydrogen) atoms. The van der Waals surface area contributed by atoms with Crippen LogP contribution in [0.25, 0.3) is 6.08 Å². The summed E-state index contributed by atoms with van der Waals surface area (Å²) in [6.07, 6.45) is 11.4. The third kappa shape index (κ3) is 6.33. The van der Waals surface area contributed by atoms with Crippen LogP contribution in [0.1, 0.15) is 49.7 Å². The minimum atomic E-state index is -0.958. The minimum absolute atomic E-state index is 0.287. The molecule has 2 aromatic rings. The Balaban J connectivity index is 1.38. The summed E-state index contributed by atoms with van der Waals surface area (Å²) >= 11 is 0. The van der Waals surface area contributed by atoms with Gasteiger partial charge in [-0.15, -0.1) is 0 Å². The smallest absolute Gasteiger partial charge is 0.328 e. The number of nitrogens with zero attached hydrogens (tertiary/aromatic N) is 3. The summed E-state index contributed by atoms with van der Waals surface area (Å²) in [5.74, 6) is -0.176. The number of aliphatic carboxylic acids is 1. The first-order valence-corrected chi connectivity index (χ1v) is 11.8. The average molecular weight is 446 g/mol. The van der Waals surface area contributed by atoms with Crippen LogP contribution in [-0.2, 0) is 4.79 Å². The lowest BCUT2D eigenvalue weighted by Gasteiger charge is -2.40. The van der Waals surface area contributed by atoms with Gasteiger partial charge in [0, 0.05) is 49.2 Å². The van der Waals surface area contributed by atoms with Crippen molar-refractivity contribution in [3.8, 4) is 6.07 Å². The fourth-order valence-electron chi connectivity index (χ4n) is 4.89. The molecule has 1 aliphatic carbocycles. The Bertz CT molecular complexity index is 1010. The monoisotopic (exact) mass is 445 g/mol. The first-order valence-electron chi connectivity index (χ1n) is 11.8. The molecule has 1 saturated carbocycles. The molecule has 4 rings (SSSR count). The van der Waals surface area contributed by atoms with Gasteiger partial charge in [0.2, 0.25) is 0 Å². The largest absolute Gasteiger partial charge is 0.478 e. The van der Waals surface area contributed by atoms with Crippen LogP contribution >= 0.6 is 0 Å². The molecular weight excluding hydrogens is 414 g/mol. The topological polar surface area (TPSA) is 101 Å². The highest BCUT2D eigenvalue weighted by atomic mass is 16.4. The zero-order valence-corrected chi connectivity index (χ0v) is 18.8. The molecule has 2 fully saturated rings. The lowest BCUT2D eigenvalue weighted by atomic mass is 9.89. The van der Waals surface area contributed by atoms with Crippen LogP contribution < -0.4 is 15.5 Å². The summed E-state index contributed by atoms with van der Waals surface area (Å²) in [4.78, 5) is 17.7. The lowest BCUT2D eigenvalue weighted by molar-refractivity contribution is -0.131. The van der Waals surface area contributed by atoms with Gasteiger partial charge in [0.25, 0.3) is 0 Å². The van der Waals surface area contributed by atoms with E-state index in [-0.39, 0.29) is 6.04 Å². The van der Waals surface area contributed by atoms with E-state index in [0.29, 0.717) is 17.6 Å². The Labute approximate surface area is 195 Å². The van der Waals surface area contributed by atoms with Crippen molar-refractivity contribution in [3.63, 3.8) is 0 Å². The number of anilines is 2. The van der Waals surface area contributed by atoms with Gasteiger partial charge in [-0.25, -0.2) is 9.78 Å². The zero-order valence-electron chi connectivity index (χ0n) is 18.8. The van der Waals surface area contributed by atoms with E-state index in [2.05, 4.69) is 26.6 Å². The molecule has 172 valence electrons. The number of aromatic nitrogens is 1. The molecule has 1 aromatic heterocycles. The van der Waals surface area contributed by atoms with Crippen LogP contribution in [0.5, 0.6) is 0 Å². The normalized spacial score (nSPS) is 23.2. The van der Waals surface area contributed by atoms with E-state index in [1.54, 1.807) is 18.3 Å². The Morgan fingerprint density at radius 3 is 2.67 bits per heavy atom. The highest BCUT2D eigenvalue weighted by molar-refractivity contribution is 5.85. The molecule has 2 heterocycles. The molecule has 7 nitrogen and oxygen atoms in total. The van der Waals surface area contributed by atoms with Gasteiger partial charge in [-0.1, -0.05) is 12.8 Å². The predicted molar refractivity (Wildman–Crippen MR) is 130 cm³/mol. The number of piperidine rings is 1. The highest BCUT2D eigenvalue weighted by Crippen LogP contribution is 2.25. The van der Waals surface area contributed by atoms with Gasteiger partial charge in [0.15, 0.2) is 0 Å². The third-order valence-corrected chi connectivity index (χ3v) is 6.53. The van der Waals surface area contributed by atoms with Crippen LogP contribution in [-0.4, -0.2) is 47.3 Å². The number of nitrogens with one attached hydrogen (secondary N) is 2. The maximum absolute atomic E-state index is 10.8. The molecule has 3 N–H and O–H groups in total. The summed E-state index contributed by atoms with van der Waals surface area (Å²) in [6, 6.07) is 14.8. The maximum Gasteiger partial charge on any atom is 0.328 e. The number of carbonyl (C=O) groups is 1. The maximum atomic E-state index is 10.8. The third-order valence-electron chi connectivity index (χ3n) is 6.53. The number of hydrogen-bond donors (Lipinski definition) is 3. The molecule has 1 unspecified atom stereocenters. The van der Waals surface area contributed by atoms with E-state index in [4.69, 9.17) is 10.4 Å². The molecule has 7 heteroatoms. The van der Waals surface area contributed by atoms with Crippen molar-refractivity contribution in [2.75, 3.05) is 23.3 Å². The molecule has 1 saturated heterocycles. The number of benzene rings is 1. The minimum Gasteiger partial charge on any atom is -0.478 e.